The summed E-state index contributed by atoms with van der Waals surface area (Å²) in [6, 6.07) is 9.82. The van der Waals surface area contributed by atoms with Crippen molar-refractivity contribution in [2.75, 3.05) is 37.6 Å². The Morgan fingerprint density at radius 1 is 1.13 bits per heavy atom. The van der Waals surface area contributed by atoms with Gasteiger partial charge in [-0.25, -0.2) is 27.3 Å². The summed E-state index contributed by atoms with van der Waals surface area (Å²) < 4.78 is 50.6. The van der Waals surface area contributed by atoms with Crippen molar-refractivity contribution in [3.63, 3.8) is 0 Å². The van der Waals surface area contributed by atoms with Crippen LogP contribution in [0.1, 0.15) is 12.5 Å². The van der Waals surface area contributed by atoms with Gasteiger partial charge in [-0.1, -0.05) is 12.1 Å². The molecular formula is C20H26F2IN5O2S. The van der Waals surface area contributed by atoms with Gasteiger partial charge in [-0.3, -0.25) is 0 Å². The molecule has 0 atom stereocenters. The number of anilines is 1. The largest absolute Gasteiger partial charge is 0.366 e. The standard InChI is InChI=1S/C20H25F2N5O2S.HI/c1-2-24-20(25-14-15-4-3-5-17(12-15)30(23,28)29)27-10-8-26(9-11-27)19-13-16(21)6-7-18(19)22;/h3-7,12-13H,2,8-11,14H2,1H3,(H,24,25)(H2,23,28,29);1H. The molecule has 7 nitrogen and oxygen atoms in total. The van der Waals surface area contributed by atoms with Gasteiger partial charge in [-0.2, -0.15) is 0 Å². The summed E-state index contributed by atoms with van der Waals surface area (Å²) in [4.78, 5) is 8.51. The number of rotatable bonds is 5. The van der Waals surface area contributed by atoms with Crippen LogP contribution in [-0.4, -0.2) is 52.0 Å². The number of nitrogens with one attached hydrogen (secondary N) is 1. The molecule has 0 aromatic heterocycles. The molecule has 31 heavy (non-hydrogen) atoms. The summed E-state index contributed by atoms with van der Waals surface area (Å²) >= 11 is 0. The Labute approximate surface area is 198 Å². The SMILES string of the molecule is CCNC(=NCc1cccc(S(N)(=O)=O)c1)N1CCN(c2cc(F)ccc2F)CC1.I. The molecule has 1 saturated heterocycles. The number of benzene rings is 2. The maximum atomic E-state index is 14.0. The molecule has 2 aromatic carbocycles. The zero-order valence-electron chi connectivity index (χ0n) is 17.1. The lowest BCUT2D eigenvalue weighted by molar-refractivity contribution is 0.370. The number of primary sulfonamides is 1. The maximum Gasteiger partial charge on any atom is 0.238 e. The molecule has 0 bridgehead atoms. The smallest absolute Gasteiger partial charge is 0.238 e. The van der Waals surface area contributed by atoms with Gasteiger partial charge in [0.25, 0.3) is 0 Å². The third-order valence-corrected chi connectivity index (χ3v) is 5.71. The molecule has 0 unspecified atom stereocenters. The maximum absolute atomic E-state index is 14.0. The number of aliphatic imine (C=N–C) groups is 1. The highest BCUT2D eigenvalue weighted by molar-refractivity contribution is 14.0. The summed E-state index contributed by atoms with van der Waals surface area (Å²) in [6.45, 7) is 5.10. The number of piperazine rings is 1. The highest BCUT2D eigenvalue weighted by Crippen LogP contribution is 2.22. The summed E-state index contributed by atoms with van der Waals surface area (Å²) in [5.41, 5.74) is 0.980. The Kier molecular flexibility index (Phi) is 9.01. The number of halogens is 3. The first kappa shape index (κ1) is 25.3. The van der Waals surface area contributed by atoms with Crippen LogP contribution in [0, 0.1) is 11.6 Å². The molecular weight excluding hydrogens is 539 g/mol. The van der Waals surface area contributed by atoms with Crippen LogP contribution < -0.4 is 15.4 Å². The summed E-state index contributed by atoms with van der Waals surface area (Å²) in [6.07, 6.45) is 0. The van der Waals surface area contributed by atoms with Gasteiger partial charge in [0.2, 0.25) is 10.0 Å². The summed E-state index contributed by atoms with van der Waals surface area (Å²) in [5.74, 6) is -0.233. The van der Waals surface area contributed by atoms with Crippen LogP contribution in [-0.2, 0) is 16.6 Å². The molecule has 0 radical (unpaired) electrons. The van der Waals surface area contributed by atoms with Gasteiger partial charge in [0.05, 0.1) is 17.1 Å². The first-order valence-electron chi connectivity index (χ1n) is 9.63. The van der Waals surface area contributed by atoms with Crippen LogP contribution in [0.3, 0.4) is 0 Å². The van der Waals surface area contributed by atoms with Crippen LogP contribution in [0.2, 0.25) is 0 Å². The minimum absolute atomic E-state index is 0. The van der Waals surface area contributed by atoms with Crippen molar-refractivity contribution in [1.29, 1.82) is 0 Å². The van der Waals surface area contributed by atoms with Crippen molar-refractivity contribution >= 4 is 45.6 Å². The Morgan fingerprint density at radius 3 is 2.48 bits per heavy atom. The van der Waals surface area contributed by atoms with Crippen LogP contribution >= 0.6 is 24.0 Å². The van der Waals surface area contributed by atoms with Crippen LogP contribution in [0.15, 0.2) is 52.4 Å². The van der Waals surface area contributed by atoms with E-state index in [-0.39, 0.29) is 41.1 Å². The molecule has 0 spiro atoms. The molecule has 3 rings (SSSR count). The molecule has 1 aliphatic rings. The Morgan fingerprint density at radius 2 is 1.84 bits per heavy atom. The molecule has 0 aliphatic carbocycles. The third kappa shape index (κ3) is 6.74. The van der Waals surface area contributed by atoms with Gasteiger partial charge in [0.1, 0.15) is 11.6 Å². The van der Waals surface area contributed by atoms with E-state index >= 15 is 0 Å². The average Bonchev–Trinajstić information content (AvgIpc) is 2.73. The lowest BCUT2D eigenvalue weighted by atomic mass is 10.2. The van der Waals surface area contributed by atoms with Crippen LogP contribution in [0.25, 0.3) is 0 Å². The van der Waals surface area contributed by atoms with Crippen molar-refractivity contribution in [3.05, 3.63) is 59.7 Å². The van der Waals surface area contributed by atoms with E-state index in [4.69, 9.17) is 5.14 Å². The highest BCUT2D eigenvalue weighted by Gasteiger charge is 2.22. The van der Waals surface area contributed by atoms with Gasteiger partial charge in [-0.15, -0.1) is 24.0 Å². The fourth-order valence-corrected chi connectivity index (χ4v) is 3.88. The molecule has 1 fully saturated rings. The van der Waals surface area contributed by atoms with Crippen LogP contribution in [0.5, 0.6) is 0 Å². The predicted octanol–water partition coefficient (Wildman–Crippen LogP) is 2.52. The number of hydrogen-bond donors (Lipinski definition) is 2. The number of sulfonamides is 1. The van der Waals surface area contributed by atoms with Gasteiger partial charge in [-0.05, 0) is 36.8 Å². The fourth-order valence-electron chi connectivity index (χ4n) is 3.30. The number of nitrogens with two attached hydrogens (primary N) is 1. The normalized spacial score (nSPS) is 14.9. The Balaban J connectivity index is 0.00000341. The average molecular weight is 565 g/mol. The van der Waals surface area contributed by atoms with E-state index in [1.807, 2.05) is 16.7 Å². The Bertz CT molecular complexity index is 1030. The molecule has 1 heterocycles. The van der Waals surface area contributed by atoms with Gasteiger partial charge in [0, 0.05) is 38.8 Å². The molecule has 3 N–H and O–H groups in total. The van der Waals surface area contributed by atoms with Crippen molar-refractivity contribution in [3.8, 4) is 0 Å². The molecule has 0 amide bonds. The second-order valence-corrected chi connectivity index (χ2v) is 8.49. The minimum atomic E-state index is -3.77. The van der Waals surface area contributed by atoms with Gasteiger partial charge in [0.15, 0.2) is 5.96 Å². The van der Waals surface area contributed by atoms with E-state index < -0.39 is 21.7 Å². The predicted molar refractivity (Wildman–Crippen MR) is 128 cm³/mol. The molecule has 170 valence electrons. The minimum Gasteiger partial charge on any atom is -0.366 e. The van der Waals surface area contributed by atoms with E-state index in [0.29, 0.717) is 38.7 Å². The number of nitrogens with zero attached hydrogens (tertiary/aromatic N) is 3. The first-order valence-corrected chi connectivity index (χ1v) is 11.2. The lowest BCUT2D eigenvalue weighted by Gasteiger charge is -2.37. The fraction of sp³-hybridized carbons (Fsp3) is 0.350. The zero-order chi connectivity index (χ0) is 21.7. The van der Waals surface area contributed by atoms with Gasteiger partial charge >= 0.3 is 0 Å². The highest BCUT2D eigenvalue weighted by atomic mass is 127. The van der Waals surface area contributed by atoms with Crippen molar-refractivity contribution in [2.45, 2.75) is 18.4 Å². The molecule has 0 saturated carbocycles. The quantitative estimate of drug-likeness (QED) is 0.331. The van der Waals surface area contributed by atoms with E-state index in [1.165, 1.54) is 18.2 Å². The molecule has 11 heteroatoms. The van der Waals surface area contributed by atoms with E-state index in [2.05, 4.69) is 10.3 Å². The Hall–Kier alpha value is -1.99. The van der Waals surface area contributed by atoms with Crippen LogP contribution in [0.4, 0.5) is 14.5 Å². The van der Waals surface area contributed by atoms with E-state index in [0.717, 1.165) is 17.7 Å². The second-order valence-electron chi connectivity index (χ2n) is 6.93. The number of guanidine groups is 1. The van der Waals surface area contributed by atoms with Crippen molar-refractivity contribution in [1.82, 2.24) is 10.2 Å². The molecule has 2 aromatic rings. The zero-order valence-corrected chi connectivity index (χ0v) is 20.2. The monoisotopic (exact) mass is 565 g/mol. The summed E-state index contributed by atoms with van der Waals surface area (Å²) in [5, 5.41) is 8.41. The second kappa shape index (κ2) is 11.0. The first-order chi connectivity index (χ1) is 14.3. The van der Waals surface area contributed by atoms with Crippen molar-refractivity contribution < 1.29 is 17.2 Å². The lowest BCUT2D eigenvalue weighted by Crippen LogP contribution is -2.52. The van der Waals surface area contributed by atoms with Gasteiger partial charge < -0.3 is 15.1 Å². The number of hydrogen-bond acceptors (Lipinski definition) is 4. The topological polar surface area (TPSA) is 91.0 Å². The van der Waals surface area contributed by atoms with E-state index in [9.17, 15) is 17.2 Å². The van der Waals surface area contributed by atoms with E-state index in [1.54, 1.807) is 12.1 Å². The summed E-state index contributed by atoms with van der Waals surface area (Å²) in [7, 11) is -3.77. The third-order valence-electron chi connectivity index (χ3n) is 4.80. The van der Waals surface area contributed by atoms with Crippen molar-refractivity contribution in [2.24, 2.45) is 10.1 Å². The molecule has 1 aliphatic heterocycles.